The SMILES string of the molecule is [2H]C1([2H])C[C@H]2[C@@H]3CCc4cc(O)ccc4[C@H]3CC[C@]2(C)[C@]1([2H])O. The van der Waals surface area contributed by atoms with Gasteiger partial charge < -0.3 is 10.2 Å². The molecule has 3 aliphatic carbocycles. The van der Waals surface area contributed by atoms with Crippen molar-refractivity contribution >= 4 is 0 Å². The Kier molecular flexibility index (Phi) is 2.08. The summed E-state index contributed by atoms with van der Waals surface area (Å²) < 4.78 is 24.7. The molecule has 2 nitrogen and oxygen atoms in total. The molecular weight excluding hydrogens is 248 g/mol. The van der Waals surface area contributed by atoms with Crippen LogP contribution in [0, 0.1) is 17.3 Å². The molecule has 3 aliphatic rings. The van der Waals surface area contributed by atoms with E-state index in [9.17, 15) is 10.2 Å². The normalized spacial score (nSPS) is 51.1. The van der Waals surface area contributed by atoms with Crippen molar-refractivity contribution in [3.8, 4) is 5.75 Å². The van der Waals surface area contributed by atoms with Gasteiger partial charge in [-0.2, -0.15) is 0 Å². The van der Waals surface area contributed by atoms with Crippen LogP contribution < -0.4 is 0 Å². The van der Waals surface area contributed by atoms with Gasteiger partial charge in [-0.15, -0.1) is 0 Å². The summed E-state index contributed by atoms with van der Waals surface area (Å²) in [6, 6.07) is 5.61. The van der Waals surface area contributed by atoms with Gasteiger partial charge in [0, 0.05) is 2.74 Å². The van der Waals surface area contributed by atoms with Gasteiger partial charge in [-0.1, -0.05) is 13.0 Å². The highest BCUT2D eigenvalue weighted by molar-refractivity contribution is 5.40. The van der Waals surface area contributed by atoms with Crippen LogP contribution in [0.5, 0.6) is 5.75 Å². The van der Waals surface area contributed by atoms with Crippen molar-refractivity contribution in [2.24, 2.45) is 17.3 Å². The van der Waals surface area contributed by atoms with Crippen LogP contribution in [-0.2, 0) is 6.42 Å². The zero-order valence-corrected chi connectivity index (χ0v) is 11.9. The summed E-state index contributed by atoms with van der Waals surface area (Å²) in [6.45, 7) is 1.91. The Hall–Kier alpha value is -1.02. The van der Waals surface area contributed by atoms with Gasteiger partial charge in [0.15, 0.2) is 0 Å². The van der Waals surface area contributed by atoms with E-state index in [4.69, 9.17) is 4.11 Å². The molecule has 0 amide bonds. The zero-order valence-electron chi connectivity index (χ0n) is 14.9. The summed E-state index contributed by atoms with van der Waals surface area (Å²) in [7, 11) is 0. The molecule has 4 rings (SSSR count). The standard InChI is InChI=1S/C18H24O2/c1-18-9-8-14-13-5-3-12(19)10-11(13)2-4-15(14)16(18)6-7-17(18)20/h3,5,10,14-17,19-20H,2,4,6-9H2,1H3/t14-,15-,16+,17-,18+/m1/s1/i7D2,17D. The fourth-order valence-corrected chi connectivity index (χ4v) is 4.97. The van der Waals surface area contributed by atoms with E-state index in [1.54, 1.807) is 6.07 Å². The van der Waals surface area contributed by atoms with Crippen LogP contribution in [0.1, 0.15) is 60.1 Å². The number of phenolic OH excluding ortho intramolecular Hbond substituents is 1. The molecule has 1 aromatic rings. The molecule has 0 aromatic heterocycles. The van der Waals surface area contributed by atoms with Gasteiger partial charge >= 0.3 is 0 Å². The lowest BCUT2D eigenvalue weighted by molar-refractivity contribution is -0.0226. The van der Waals surface area contributed by atoms with Crippen LogP contribution in [0.25, 0.3) is 0 Å². The molecule has 108 valence electrons. The Labute approximate surface area is 125 Å². The molecule has 1 aromatic carbocycles. The van der Waals surface area contributed by atoms with E-state index < -0.39 is 17.9 Å². The molecule has 0 unspecified atom stereocenters. The highest BCUT2D eigenvalue weighted by atomic mass is 16.3. The van der Waals surface area contributed by atoms with Crippen molar-refractivity contribution in [2.75, 3.05) is 0 Å². The summed E-state index contributed by atoms with van der Waals surface area (Å²) in [5.41, 5.74) is 1.81. The smallest absolute Gasteiger partial charge is 0.115 e. The molecule has 2 saturated carbocycles. The molecule has 5 atom stereocenters. The maximum atomic E-state index is 10.7. The molecule has 0 spiro atoms. The van der Waals surface area contributed by atoms with E-state index in [1.165, 1.54) is 11.1 Å². The van der Waals surface area contributed by atoms with E-state index in [0.29, 0.717) is 24.0 Å². The number of hydrogen-bond donors (Lipinski definition) is 2. The van der Waals surface area contributed by atoms with Gasteiger partial charge in [-0.25, -0.2) is 0 Å². The van der Waals surface area contributed by atoms with Crippen LogP contribution in [0.2, 0.25) is 0 Å². The summed E-state index contributed by atoms with van der Waals surface area (Å²) in [6.07, 6.45) is -0.185. The van der Waals surface area contributed by atoms with Crippen molar-refractivity contribution in [1.82, 2.24) is 0 Å². The number of fused-ring (bicyclic) bond motifs is 5. The minimum atomic E-state index is -2.01. The lowest BCUT2D eigenvalue weighted by Crippen LogP contribution is -2.43. The van der Waals surface area contributed by atoms with E-state index in [-0.39, 0.29) is 12.3 Å². The number of benzene rings is 1. The topological polar surface area (TPSA) is 40.5 Å². The molecule has 0 saturated heterocycles. The van der Waals surface area contributed by atoms with E-state index in [2.05, 4.69) is 0 Å². The average Bonchev–Trinajstić information content (AvgIpc) is 2.62. The highest BCUT2D eigenvalue weighted by Crippen LogP contribution is 2.60. The maximum Gasteiger partial charge on any atom is 0.115 e. The quantitative estimate of drug-likeness (QED) is 0.759. The van der Waals surface area contributed by atoms with Gasteiger partial charge in [0.25, 0.3) is 0 Å². The largest absolute Gasteiger partial charge is 0.508 e. The molecule has 0 aliphatic heterocycles. The maximum absolute atomic E-state index is 10.7. The van der Waals surface area contributed by atoms with E-state index in [1.807, 2.05) is 19.1 Å². The summed E-state index contributed by atoms with van der Waals surface area (Å²) >= 11 is 0. The Morgan fingerprint density at radius 3 is 3.05 bits per heavy atom. The Bertz CT molecular complexity index is 658. The fourth-order valence-electron chi connectivity index (χ4n) is 4.97. The molecule has 0 radical (unpaired) electrons. The first-order chi connectivity index (χ1) is 10.7. The van der Waals surface area contributed by atoms with Crippen LogP contribution in [0.3, 0.4) is 0 Å². The van der Waals surface area contributed by atoms with E-state index in [0.717, 1.165) is 19.3 Å². The molecule has 2 heteroatoms. The first-order valence-corrected chi connectivity index (χ1v) is 7.71. The molecule has 0 bridgehead atoms. The van der Waals surface area contributed by atoms with Crippen molar-refractivity contribution in [3.63, 3.8) is 0 Å². The van der Waals surface area contributed by atoms with Gasteiger partial charge in [0.1, 0.15) is 5.75 Å². The van der Waals surface area contributed by atoms with Crippen molar-refractivity contribution < 1.29 is 14.3 Å². The Morgan fingerprint density at radius 1 is 1.35 bits per heavy atom. The zero-order chi connectivity index (χ0) is 16.6. The molecule has 2 N–H and O–H groups in total. The Morgan fingerprint density at radius 2 is 2.20 bits per heavy atom. The average molecular weight is 275 g/mol. The van der Waals surface area contributed by atoms with Crippen LogP contribution in [0.4, 0.5) is 0 Å². The first kappa shape index (κ1) is 9.83. The van der Waals surface area contributed by atoms with Crippen LogP contribution >= 0.6 is 0 Å². The third kappa shape index (κ3) is 1.60. The van der Waals surface area contributed by atoms with Crippen molar-refractivity contribution in [1.29, 1.82) is 0 Å². The van der Waals surface area contributed by atoms with Crippen molar-refractivity contribution in [3.05, 3.63) is 29.3 Å². The van der Waals surface area contributed by atoms with Crippen molar-refractivity contribution in [2.45, 2.75) is 57.4 Å². The number of rotatable bonds is 0. The summed E-state index contributed by atoms with van der Waals surface area (Å²) in [5, 5.41) is 20.4. The number of phenols is 1. The third-order valence-corrected chi connectivity index (χ3v) is 6.13. The lowest BCUT2D eigenvalue weighted by atomic mass is 9.55. The first-order valence-electron chi connectivity index (χ1n) is 9.21. The van der Waals surface area contributed by atoms with Gasteiger partial charge in [0.2, 0.25) is 0 Å². The second-order valence-corrected chi connectivity index (χ2v) is 6.98. The second kappa shape index (κ2) is 4.24. The van der Waals surface area contributed by atoms with Gasteiger partial charge in [-0.3, -0.25) is 0 Å². The summed E-state index contributed by atoms with van der Waals surface area (Å²) in [5.74, 6) is 1.03. The predicted octanol–water partition coefficient (Wildman–Crippen LogP) is 3.61. The van der Waals surface area contributed by atoms with Crippen LogP contribution in [0.15, 0.2) is 18.2 Å². The number of aryl methyl sites for hydroxylation is 1. The minimum Gasteiger partial charge on any atom is -0.508 e. The Balaban J connectivity index is 1.75. The monoisotopic (exact) mass is 275 g/mol. The molecular formula is C18H24O2. The molecule has 2 fully saturated rings. The highest BCUT2D eigenvalue weighted by Gasteiger charge is 2.54. The molecule has 20 heavy (non-hydrogen) atoms. The third-order valence-electron chi connectivity index (χ3n) is 6.13. The fraction of sp³-hybridized carbons (Fsp3) is 0.667. The lowest BCUT2D eigenvalue weighted by Gasteiger charge is -2.50. The minimum absolute atomic E-state index is 0.0423. The van der Waals surface area contributed by atoms with E-state index >= 15 is 0 Å². The predicted molar refractivity (Wildman–Crippen MR) is 78.7 cm³/mol. The number of aromatic hydroxyl groups is 1. The van der Waals surface area contributed by atoms with Gasteiger partial charge in [0.05, 0.1) is 7.45 Å². The second-order valence-electron chi connectivity index (χ2n) is 6.98. The summed E-state index contributed by atoms with van der Waals surface area (Å²) in [4.78, 5) is 0. The number of aliphatic hydroxyl groups is 1. The number of hydrogen-bond acceptors (Lipinski definition) is 2. The molecule has 0 heterocycles. The van der Waals surface area contributed by atoms with Gasteiger partial charge in [-0.05, 0) is 84.9 Å². The van der Waals surface area contributed by atoms with Crippen LogP contribution in [-0.4, -0.2) is 16.3 Å².